The molecule has 1 aromatic carbocycles. The summed E-state index contributed by atoms with van der Waals surface area (Å²) in [5.74, 6) is 0.156. The maximum Gasteiger partial charge on any atom is 0.266 e. The van der Waals surface area contributed by atoms with E-state index in [0.29, 0.717) is 10.7 Å². The third kappa shape index (κ3) is 3.30. The number of benzene rings is 1. The molecule has 0 fully saturated rings. The van der Waals surface area contributed by atoms with Crippen LogP contribution in [0.1, 0.15) is 5.76 Å². The molecule has 2 rings (SSSR count). The minimum Gasteiger partial charge on any atom is -0.450 e. The van der Waals surface area contributed by atoms with Gasteiger partial charge in [0.15, 0.2) is 4.67 Å². The number of hydrogen-bond acceptors (Lipinski definition) is 4. The normalized spacial score (nSPS) is 11.5. The van der Waals surface area contributed by atoms with Crippen LogP contribution in [-0.2, 0) is 16.6 Å². The molecule has 0 spiro atoms. The Morgan fingerprint density at radius 2 is 1.95 bits per heavy atom. The zero-order valence-corrected chi connectivity index (χ0v) is 12.6. The molecule has 102 valence electrons. The Hall–Kier alpha value is -1.02. The summed E-state index contributed by atoms with van der Waals surface area (Å²) >= 11 is 8.72. The molecule has 0 aliphatic heterocycles. The maximum atomic E-state index is 12.1. The van der Waals surface area contributed by atoms with Crippen molar-refractivity contribution < 1.29 is 17.9 Å². The van der Waals surface area contributed by atoms with Gasteiger partial charge >= 0.3 is 0 Å². The fraction of sp³-hybridized carbons (Fsp3) is 0.0909. The predicted octanol–water partition coefficient (Wildman–Crippen LogP) is 2.99. The number of halogens is 2. The highest BCUT2D eigenvalue weighted by molar-refractivity contribution is 9.10. The highest BCUT2D eigenvalue weighted by Gasteiger charge is 2.22. The van der Waals surface area contributed by atoms with Crippen LogP contribution in [0.15, 0.2) is 44.3 Å². The Kier molecular flexibility index (Phi) is 4.19. The first-order valence-corrected chi connectivity index (χ1v) is 7.75. The quantitative estimate of drug-likeness (QED) is 0.872. The van der Waals surface area contributed by atoms with Gasteiger partial charge in [0.2, 0.25) is 0 Å². The maximum absolute atomic E-state index is 12.1. The molecule has 8 heteroatoms. The van der Waals surface area contributed by atoms with Gasteiger partial charge in [-0.3, -0.25) is 4.72 Å². The first kappa shape index (κ1) is 14.4. The Balaban J connectivity index is 2.31. The third-order valence-corrected chi connectivity index (χ3v) is 4.74. The van der Waals surface area contributed by atoms with Crippen LogP contribution >= 0.6 is 27.5 Å². The Bertz CT molecular complexity index is 681. The van der Waals surface area contributed by atoms with Gasteiger partial charge in [-0.1, -0.05) is 11.6 Å². The lowest BCUT2D eigenvalue weighted by Gasteiger charge is -2.06. The van der Waals surface area contributed by atoms with Gasteiger partial charge in [-0.25, -0.2) is 8.42 Å². The molecule has 0 aliphatic rings. The molecule has 0 saturated carbocycles. The van der Waals surface area contributed by atoms with E-state index in [0.717, 1.165) is 0 Å². The second-order valence-corrected chi connectivity index (χ2v) is 6.43. The summed E-state index contributed by atoms with van der Waals surface area (Å²) in [6, 6.07) is 7.48. The van der Waals surface area contributed by atoms with Crippen molar-refractivity contribution in [2.45, 2.75) is 11.5 Å². The highest BCUT2D eigenvalue weighted by Crippen LogP contribution is 2.28. The van der Waals surface area contributed by atoms with E-state index in [-0.39, 0.29) is 21.9 Å². The number of anilines is 1. The summed E-state index contributed by atoms with van der Waals surface area (Å²) in [4.78, 5) is -0.0773. The number of sulfonamides is 1. The van der Waals surface area contributed by atoms with E-state index in [1.54, 1.807) is 24.3 Å². The zero-order valence-electron chi connectivity index (χ0n) is 9.43. The van der Waals surface area contributed by atoms with Crippen molar-refractivity contribution in [2.75, 3.05) is 4.72 Å². The Labute approximate surface area is 123 Å². The topological polar surface area (TPSA) is 79.5 Å². The Morgan fingerprint density at radius 3 is 2.47 bits per heavy atom. The largest absolute Gasteiger partial charge is 0.450 e. The molecule has 19 heavy (non-hydrogen) atoms. The monoisotopic (exact) mass is 365 g/mol. The summed E-state index contributed by atoms with van der Waals surface area (Å²) in [7, 11) is -3.79. The molecular weight excluding hydrogens is 358 g/mol. The number of furan rings is 1. The summed E-state index contributed by atoms with van der Waals surface area (Å²) in [6.07, 6.45) is 0. The van der Waals surface area contributed by atoms with E-state index < -0.39 is 10.0 Å². The van der Waals surface area contributed by atoms with E-state index in [4.69, 9.17) is 21.1 Å². The molecule has 0 amide bonds. The lowest BCUT2D eigenvalue weighted by Crippen LogP contribution is -2.12. The average molecular weight is 367 g/mol. The van der Waals surface area contributed by atoms with Crippen molar-refractivity contribution in [3.05, 3.63) is 45.8 Å². The van der Waals surface area contributed by atoms with Crippen molar-refractivity contribution in [1.82, 2.24) is 0 Å². The molecule has 0 atom stereocenters. The van der Waals surface area contributed by atoms with Gasteiger partial charge in [0, 0.05) is 16.8 Å². The molecule has 2 N–H and O–H groups in total. The van der Waals surface area contributed by atoms with Crippen LogP contribution in [0.3, 0.4) is 0 Å². The standard InChI is InChI=1S/C11H9BrClNO4S/c12-11-10(5-9(6-15)18-11)19(16,17)14-8-3-1-7(13)2-4-8/h1-5,14-15H,6H2. The van der Waals surface area contributed by atoms with Crippen LogP contribution in [0.4, 0.5) is 5.69 Å². The predicted molar refractivity (Wildman–Crippen MR) is 74.6 cm³/mol. The molecule has 0 radical (unpaired) electrons. The molecule has 0 aliphatic carbocycles. The van der Waals surface area contributed by atoms with Gasteiger partial charge in [0.05, 0.1) is 0 Å². The van der Waals surface area contributed by atoms with Crippen molar-refractivity contribution in [1.29, 1.82) is 0 Å². The van der Waals surface area contributed by atoms with Crippen LogP contribution in [0.25, 0.3) is 0 Å². The van der Waals surface area contributed by atoms with Crippen molar-refractivity contribution >= 4 is 43.2 Å². The first-order chi connectivity index (χ1) is 8.92. The molecule has 0 unspecified atom stereocenters. The minimum absolute atomic E-state index is 0.0398. The van der Waals surface area contributed by atoms with Gasteiger partial charge < -0.3 is 9.52 Å². The summed E-state index contributed by atoms with van der Waals surface area (Å²) < 4.78 is 31.7. The lowest BCUT2D eigenvalue weighted by molar-refractivity contribution is 0.245. The van der Waals surface area contributed by atoms with E-state index in [1.807, 2.05) is 0 Å². The Morgan fingerprint density at radius 1 is 1.32 bits per heavy atom. The van der Waals surface area contributed by atoms with Gasteiger partial charge in [-0.2, -0.15) is 0 Å². The van der Waals surface area contributed by atoms with Gasteiger partial charge in [-0.15, -0.1) is 0 Å². The number of aliphatic hydroxyl groups is 1. The van der Waals surface area contributed by atoms with Gasteiger partial charge in [-0.05, 0) is 40.2 Å². The van der Waals surface area contributed by atoms with Gasteiger partial charge in [0.25, 0.3) is 10.0 Å². The fourth-order valence-corrected chi connectivity index (χ4v) is 3.57. The molecule has 1 aromatic heterocycles. The van der Waals surface area contributed by atoms with Crippen molar-refractivity contribution in [2.24, 2.45) is 0 Å². The average Bonchev–Trinajstić information content (AvgIpc) is 2.74. The molecule has 2 aromatic rings. The van der Waals surface area contributed by atoms with Crippen LogP contribution in [-0.4, -0.2) is 13.5 Å². The first-order valence-electron chi connectivity index (χ1n) is 5.10. The molecule has 1 heterocycles. The second-order valence-electron chi connectivity index (χ2n) is 3.62. The van der Waals surface area contributed by atoms with Crippen LogP contribution in [0.2, 0.25) is 5.02 Å². The van der Waals surface area contributed by atoms with Crippen LogP contribution in [0, 0.1) is 0 Å². The van der Waals surface area contributed by atoms with Crippen molar-refractivity contribution in [3.8, 4) is 0 Å². The minimum atomic E-state index is -3.79. The highest BCUT2D eigenvalue weighted by atomic mass is 79.9. The van der Waals surface area contributed by atoms with E-state index >= 15 is 0 Å². The molecule has 5 nitrogen and oxygen atoms in total. The summed E-state index contributed by atoms with van der Waals surface area (Å²) in [5, 5.41) is 9.43. The molecular formula is C11H9BrClNO4S. The SMILES string of the molecule is O=S(=O)(Nc1ccc(Cl)cc1)c1cc(CO)oc1Br. The number of hydrogen-bond donors (Lipinski definition) is 2. The number of nitrogens with one attached hydrogen (secondary N) is 1. The fourth-order valence-electron chi connectivity index (χ4n) is 1.39. The number of rotatable bonds is 4. The third-order valence-electron chi connectivity index (χ3n) is 2.25. The lowest BCUT2D eigenvalue weighted by atomic mass is 10.3. The summed E-state index contributed by atoms with van der Waals surface area (Å²) in [6.45, 7) is -0.380. The van der Waals surface area contributed by atoms with E-state index in [9.17, 15) is 8.42 Å². The van der Waals surface area contributed by atoms with E-state index in [1.165, 1.54) is 6.07 Å². The second kappa shape index (κ2) is 5.54. The van der Waals surface area contributed by atoms with Crippen LogP contribution < -0.4 is 4.72 Å². The number of aliphatic hydroxyl groups excluding tert-OH is 1. The smallest absolute Gasteiger partial charge is 0.266 e. The van der Waals surface area contributed by atoms with Crippen molar-refractivity contribution in [3.63, 3.8) is 0 Å². The molecule has 0 saturated heterocycles. The molecule has 0 bridgehead atoms. The summed E-state index contributed by atoms with van der Waals surface area (Å²) in [5.41, 5.74) is 0.378. The van der Waals surface area contributed by atoms with E-state index in [2.05, 4.69) is 20.7 Å². The zero-order chi connectivity index (χ0) is 14.0. The van der Waals surface area contributed by atoms with Gasteiger partial charge in [0.1, 0.15) is 17.3 Å². The van der Waals surface area contributed by atoms with Crippen LogP contribution in [0.5, 0.6) is 0 Å².